The Hall–Kier alpha value is -2.97. The Morgan fingerprint density at radius 2 is 1.76 bits per heavy atom. The summed E-state index contributed by atoms with van der Waals surface area (Å²) in [6, 6.07) is 9.90. The maximum atomic E-state index is 12.4. The van der Waals surface area contributed by atoms with Crippen molar-refractivity contribution in [3.63, 3.8) is 0 Å². The van der Waals surface area contributed by atoms with E-state index in [4.69, 9.17) is 16.3 Å². The van der Waals surface area contributed by atoms with E-state index in [9.17, 15) is 9.59 Å². The summed E-state index contributed by atoms with van der Waals surface area (Å²) in [6.07, 6.45) is 1.84. The second-order valence-corrected chi connectivity index (χ2v) is 7.13. The van der Waals surface area contributed by atoms with E-state index in [0.29, 0.717) is 18.9 Å². The van der Waals surface area contributed by atoms with Crippen molar-refractivity contribution in [2.45, 2.75) is 0 Å². The Morgan fingerprint density at radius 3 is 2.45 bits per heavy atom. The molecule has 2 aromatic heterocycles. The van der Waals surface area contributed by atoms with Crippen LogP contribution >= 0.6 is 11.6 Å². The van der Waals surface area contributed by atoms with Gasteiger partial charge in [-0.3, -0.25) is 13.9 Å². The minimum absolute atomic E-state index is 0.0596. The molecular formula is C20H20ClN5O3. The van der Waals surface area contributed by atoms with Gasteiger partial charge in [0.2, 0.25) is 0 Å². The summed E-state index contributed by atoms with van der Waals surface area (Å²) < 4.78 is 7.76. The molecule has 0 aliphatic carbocycles. The van der Waals surface area contributed by atoms with Gasteiger partial charge in [0.05, 0.1) is 13.2 Å². The van der Waals surface area contributed by atoms with Gasteiger partial charge in [-0.05, 0) is 11.6 Å². The number of rotatable bonds is 3. The van der Waals surface area contributed by atoms with Gasteiger partial charge in [-0.25, -0.2) is 14.8 Å². The van der Waals surface area contributed by atoms with Crippen molar-refractivity contribution >= 4 is 34.5 Å². The van der Waals surface area contributed by atoms with Crippen molar-refractivity contribution in [1.82, 2.24) is 24.0 Å². The highest BCUT2D eigenvalue weighted by Crippen LogP contribution is 2.25. The van der Waals surface area contributed by atoms with Crippen LogP contribution in [0.25, 0.3) is 22.9 Å². The zero-order chi connectivity index (χ0) is 20.5. The van der Waals surface area contributed by atoms with E-state index in [1.165, 1.54) is 11.6 Å². The Labute approximate surface area is 171 Å². The normalized spacial score (nSPS) is 15.1. The molecule has 0 radical (unpaired) electrons. The maximum absolute atomic E-state index is 12.4. The Kier molecular flexibility index (Phi) is 5.21. The van der Waals surface area contributed by atoms with Gasteiger partial charge >= 0.3 is 5.69 Å². The second-order valence-electron chi connectivity index (χ2n) is 6.77. The van der Waals surface area contributed by atoms with Crippen molar-refractivity contribution in [2.24, 2.45) is 14.1 Å². The van der Waals surface area contributed by atoms with Crippen LogP contribution < -0.4 is 11.2 Å². The third-order valence-electron chi connectivity index (χ3n) is 4.95. The van der Waals surface area contributed by atoms with Gasteiger partial charge < -0.3 is 9.64 Å². The van der Waals surface area contributed by atoms with Gasteiger partial charge in [0.1, 0.15) is 5.69 Å². The molecule has 0 N–H and O–H groups in total. The van der Waals surface area contributed by atoms with Crippen molar-refractivity contribution in [3.05, 3.63) is 67.6 Å². The Bertz CT molecular complexity index is 1210. The van der Waals surface area contributed by atoms with Crippen molar-refractivity contribution < 1.29 is 4.74 Å². The molecule has 0 amide bonds. The zero-order valence-electron chi connectivity index (χ0n) is 16.1. The summed E-state index contributed by atoms with van der Waals surface area (Å²) in [4.78, 5) is 35.7. The molecule has 0 atom stereocenters. The van der Waals surface area contributed by atoms with Crippen LogP contribution in [0.5, 0.6) is 0 Å². The van der Waals surface area contributed by atoms with Crippen LogP contribution in [-0.4, -0.2) is 50.3 Å². The number of morpholine rings is 1. The van der Waals surface area contributed by atoms with Crippen LogP contribution in [-0.2, 0) is 18.8 Å². The van der Waals surface area contributed by atoms with E-state index >= 15 is 0 Å². The first-order chi connectivity index (χ1) is 14.0. The van der Waals surface area contributed by atoms with Gasteiger partial charge in [-0.2, -0.15) is 0 Å². The predicted octanol–water partition coefficient (Wildman–Crippen LogP) is 1.51. The van der Waals surface area contributed by atoms with E-state index in [2.05, 4.69) is 14.9 Å². The highest BCUT2D eigenvalue weighted by molar-refractivity contribution is 6.31. The number of aryl methyl sites for hydroxylation is 1. The fraction of sp³-hybridized carbons (Fsp3) is 0.300. The van der Waals surface area contributed by atoms with Crippen LogP contribution in [0.2, 0.25) is 5.15 Å². The van der Waals surface area contributed by atoms with Crippen LogP contribution in [0.4, 0.5) is 0 Å². The molecule has 0 unspecified atom stereocenters. The SMILES string of the molecule is Cn1c(=O)c2nc(Cl)c(/C=C(\c3ccccc3)N3CCOCC3)nc2n(C)c1=O. The molecule has 1 aliphatic heterocycles. The number of benzene rings is 1. The van der Waals surface area contributed by atoms with Crippen LogP contribution in [0, 0.1) is 0 Å². The monoisotopic (exact) mass is 413 g/mol. The van der Waals surface area contributed by atoms with Crippen LogP contribution in [0.1, 0.15) is 11.3 Å². The summed E-state index contributed by atoms with van der Waals surface area (Å²) in [5, 5.41) is 0.106. The van der Waals surface area contributed by atoms with Gasteiger partial charge in [-0.15, -0.1) is 0 Å². The number of hydrogen-bond donors (Lipinski definition) is 0. The largest absolute Gasteiger partial charge is 0.378 e. The lowest BCUT2D eigenvalue weighted by molar-refractivity contribution is 0.0642. The molecule has 1 saturated heterocycles. The molecule has 4 rings (SSSR count). The lowest BCUT2D eigenvalue weighted by atomic mass is 10.1. The number of nitrogens with zero attached hydrogens (tertiary/aromatic N) is 5. The number of fused-ring (bicyclic) bond motifs is 1. The highest BCUT2D eigenvalue weighted by atomic mass is 35.5. The fourth-order valence-electron chi connectivity index (χ4n) is 3.35. The number of ether oxygens (including phenoxy) is 1. The lowest BCUT2D eigenvalue weighted by Crippen LogP contribution is -2.38. The summed E-state index contributed by atoms with van der Waals surface area (Å²) in [6.45, 7) is 2.73. The molecule has 1 aromatic carbocycles. The third-order valence-corrected chi connectivity index (χ3v) is 5.23. The lowest BCUT2D eigenvalue weighted by Gasteiger charge is -2.31. The zero-order valence-corrected chi connectivity index (χ0v) is 16.9. The molecule has 0 saturated carbocycles. The quantitative estimate of drug-likeness (QED) is 0.647. The standard InChI is InChI=1S/C20H20ClN5O3/c1-24-18-16(19(27)25(2)20(24)28)23-17(21)14(22-18)12-15(13-6-4-3-5-7-13)26-8-10-29-11-9-26/h3-7,12H,8-11H2,1-2H3/b15-12+. The minimum atomic E-state index is -0.524. The Morgan fingerprint density at radius 1 is 1.07 bits per heavy atom. The van der Waals surface area contributed by atoms with E-state index in [1.54, 1.807) is 7.05 Å². The maximum Gasteiger partial charge on any atom is 0.332 e. The first-order valence-corrected chi connectivity index (χ1v) is 9.58. The molecule has 3 aromatic rings. The summed E-state index contributed by atoms with van der Waals surface area (Å²) in [7, 11) is 2.96. The summed E-state index contributed by atoms with van der Waals surface area (Å²) in [5.41, 5.74) is 1.60. The second kappa shape index (κ2) is 7.81. The molecule has 0 spiro atoms. The number of hydrogen-bond acceptors (Lipinski definition) is 6. The van der Waals surface area contributed by atoms with Gasteiger partial charge in [0.25, 0.3) is 5.56 Å². The van der Waals surface area contributed by atoms with Crippen molar-refractivity contribution in [3.8, 4) is 0 Å². The predicted molar refractivity (Wildman–Crippen MR) is 112 cm³/mol. The highest BCUT2D eigenvalue weighted by Gasteiger charge is 2.18. The number of aromatic nitrogens is 4. The Balaban J connectivity index is 1.93. The third kappa shape index (κ3) is 3.56. The minimum Gasteiger partial charge on any atom is -0.378 e. The van der Waals surface area contributed by atoms with Gasteiger partial charge in [0, 0.05) is 32.9 Å². The molecule has 8 nitrogen and oxygen atoms in total. The smallest absolute Gasteiger partial charge is 0.332 e. The van der Waals surface area contributed by atoms with Crippen molar-refractivity contribution in [2.75, 3.05) is 26.3 Å². The van der Waals surface area contributed by atoms with E-state index in [1.807, 2.05) is 36.4 Å². The number of halogens is 1. The molecular weight excluding hydrogens is 394 g/mol. The average Bonchev–Trinajstić information content (AvgIpc) is 2.76. The molecule has 29 heavy (non-hydrogen) atoms. The first-order valence-electron chi connectivity index (χ1n) is 9.20. The molecule has 0 bridgehead atoms. The summed E-state index contributed by atoms with van der Waals surface area (Å²) in [5.74, 6) is 0. The van der Waals surface area contributed by atoms with Gasteiger partial charge in [0.15, 0.2) is 16.3 Å². The van der Waals surface area contributed by atoms with E-state index < -0.39 is 11.2 Å². The van der Waals surface area contributed by atoms with Crippen molar-refractivity contribution in [1.29, 1.82) is 0 Å². The molecule has 1 fully saturated rings. The van der Waals surface area contributed by atoms with Crippen LogP contribution in [0.3, 0.4) is 0 Å². The van der Waals surface area contributed by atoms with Crippen LogP contribution in [0.15, 0.2) is 39.9 Å². The molecule has 3 heterocycles. The first kappa shape index (κ1) is 19.4. The van der Waals surface area contributed by atoms with Gasteiger partial charge in [-0.1, -0.05) is 41.9 Å². The van der Waals surface area contributed by atoms with E-state index in [0.717, 1.165) is 28.9 Å². The summed E-state index contributed by atoms with van der Waals surface area (Å²) >= 11 is 6.39. The fourth-order valence-corrected chi connectivity index (χ4v) is 3.53. The average molecular weight is 414 g/mol. The molecule has 1 aliphatic rings. The van der Waals surface area contributed by atoms with E-state index in [-0.39, 0.29) is 16.3 Å². The molecule has 9 heteroatoms. The molecule has 150 valence electrons. The topological polar surface area (TPSA) is 82.2 Å².